The number of benzene rings is 1. The van der Waals surface area contributed by atoms with Gasteiger partial charge in [0.2, 0.25) is 0 Å². The lowest BCUT2D eigenvalue weighted by molar-refractivity contribution is 1.15. The van der Waals surface area contributed by atoms with Gasteiger partial charge in [-0.3, -0.25) is 0 Å². The highest BCUT2D eigenvalue weighted by Gasteiger charge is 2.08. The average Bonchev–Trinajstić information content (AvgIpc) is 2.20. The molecular formula is C11H16S3. The molecule has 0 atom stereocenters. The zero-order valence-electron chi connectivity index (χ0n) is 8.60. The number of hydrogen-bond acceptors (Lipinski definition) is 3. The van der Waals surface area contributed by atoms with Crippen LogP contribution in [0.2, 0.25) is 0 Å². The summed E-state index contributed by atoms with van der Waals surface area (Å²) in [5, 5.41) is 0.738. The highest BCUT2D eigenvalue weighted by atomic mass is 32.2. The first kappa shape index (κ1) is 12.3. The van der Waals surface area contributed by atoms with Gasteiger partial charge in [-0.1, -0.05) is 18.2 Å². The van der Waals surface area contributed by atoms with E-state index in [1.54, 1.807) is 0 Å². The SMILES string of the molecule is CSCC(CSC)Sc1ccccc1. The van der Waals surface area contributed by atoms with Crippen molar-refractivity contribution in [1.82, 2.24) is 0 Å². The quantitative estimate of drug-likeness (QED) is 0.697. The zero-order valence-corrected chi connectivity index (χ0v) is 11.1. The molecule has 0 fully saturated rings. The third-order valence-electron chi connectivity index (χ3n) is 1.75. The van der Waals surface area contributed by atoms with Gasteiger partial charge in [0.1, 0.15) is 0 Å². The average molecular weight is 244 g/mol. The van der Waals surface area contributed by atoms with Crippen LogP contribution in [0.25, 0.3) is 0 Å². The topological polar surface area (TPSA) is 0 Å². The molecule has 0 radical (unpaired) electrons. The summed E-state index contributed by atoms with van der Waals surface area (Å²) in [5.41, 5.74) is 0. The van der Waals surface area contributed by atoms with Gasteiger partial charge in [0.25, 0.3) is 0 Å². The van der Waals surface area contributed by atoms with Gasteiger partial charge < -0.3 is 0 Å². The Morgan fingerprint density at radius 1 is 1.00 bits per heavy atom. The van der Waals surface area contributed by atoms with Crippen LogP contribution in [0.1, 0.15) is 0 Å². The van der Waals surface area contributed by atoms with E-state index in [1.165, 1.54) is 16.4 Å². The molecule has 14 heavy (non-hydrogen) atoms. The van der Waals surface area contributed by atoms with E-state index < -0.39 is 0 Å². The molecule has 0 bridgehead atoms. The Hall–Kier alpha value is 0.270. The van der Waals surface area contributed by atoms with Gasteiger partial charge in [0.15, 0.2) is 0 Å². The van der Waals surface area contributed by atoms with Crippen molar-refractivity contribution in [2.24, 2.45) is 0 Å². The molecule has 0 nitrogen and oxygen atoms in total. The van der Waals surface area contributed by atoms with Crippen molar-refractivity contribution in [3.05, 3.63) is 30.3 Å². The predicted molar refractivity (Wildman–Crippen MR) is 72.9 cm³/mol. The second-order valence-electron chi connectivity index (χ2n) is 2.96. The Morgan fingerprint density at radius 3 is 2.07 bits per heavy atom. The van der Waals surface area contributed by atoms with E-state index in [4.69, 9.17) is 0 Å². The Balaban J connectivity index is 2.46. The fourth-order valence-electron chi connectivity index (χ4n) is 1.18. The Morgan fingerprint density at radius 2 is 1.57 bits per heavy atom. The maximum absolute atomic E-state index is 2.19. The standard InChI is InChI=1S/C11H16S3/c1-12-8-11(9-13-2)14-10-6-4-3-5-7-10/h3-7,11H,8-9H2,1-2H3. The maximum atomic E-state index is 2.19. The molecule has 1 aromatic rings. The Bertz CT molecular complexity index is 230. The van der Waals surface area contributed by atoms with Crippen molar-refractivity contribution in [3.63, 3.8) is 0 Å². The highest BCUT2D eigenvalue weighted by molar-refractivity contribution is 8.05. The molecule has 0 aromatic heterocycles. The predicted octanol–water partition coefficient (Wildman–Crippen LogP) is 3.87. The van der Waals surface area contributed by atoms with Crippen LogP contribution in [0.4, 0.5) is 0 Å². The molecule has 0 saturated heterocycles. The van der Waals surface area contributed by atoms with Gasteiger partial charge in [-0.05, 0) is 24.6 Å². The minimum atomic E-state index is 0.738. The third-order valence-corrected chi connectivity index (χ3v) is 4.86. The highest BCUT2D eigenvalue weighted by Crippen LogP contribution is 2.26. The second-order valence-corrected chi connectivity index (χ2v) is 6.16. The summed E-state index contributed by atoms with van der Waals surface area (Å²) in [6.45, 7) is 0. The molecule has 0 aliphatic carbocycles. The molecule has 78 valence electrons. The molecule has 1 rings (SSSR count). The van der Waals surface area contributed by atoms with Crippen LogP contribution in [0.5, 0.6) is 0 Å². The van der Waals surface area contributed by atoms with E-state index in [2.05, 4.69) is 42.8 Å². The minimum absolute atomic E-state index is 0.738. The summed E-state index contributed by atoms with van der Waals surface area (Å²) < 4.78 is 0. The summed E-state index contributed by atoms with van der Waals surface area (Å²) in [7, 11) is 0. The molecule has 0 spiro atoms. The van der Waals surface area contributed by atoms with Crippen molar-refractivity contribution in [3.8, 4) is 0 Å². The maximum Gasteiger partial charge on any atom is 0.0275 e. The molecule has 0 saturated carbocycles. The van der Waals surface area contributed by atoms with Crippen molar-refractivity contribution in [1.29, 1.82) is 0 Å². The molecule has 0 aliphatic rings. The smallest absolute Gasteiger partial charge is 0.0275 e. The summed E-state index contributed by atoms with van der Waals surface area (Å²) in [4.78, 5) is 1.39. The van der Waals surface area contributed by atoms with Gasteiger partial charge in [0.05, 0.1) is 0 Å². The molecule has 0 heterocycles. The third kappa shape index (κ3) is 4.67. The van der Waals surface area contributed by atoms with E-state index in [-0.39, 0.29) is 0 Å². The zero-order chi connectivity index (χ0) is 10.2. The van der Waals surface area contributed by atoms with E-state index in [9.17, 15) is 0 Å². The van der Waals surface area contributed by atoms with E-state index >= 15 is 0 Å². The van der Waals surface area contributed by atoms with Crippen LogP contribution in [0, 0.1) is 0 Å². The first-order valence-electron chi connectivity index (χ1n) is 4.56. The summed E-state index contributed by atoms with van der Waals surface area (Å²) >= 11 is 5.87. The van der Waals surface area contributed by atoms with Crippen molar-refractivity contribution in [2.45, 2.75) is 10.1 Å². The molecule has 0 amide bonds. The fourth-order valence-corrected chi connectivity index (χ4v) is 4.37. The minimum Gasteiger partial charge on any atom is -0.164 e. The van der Waals surface area contributed by atoms with Gasteiger partial charge >= 0.3 is 0 Å². The van der Waals surface area contributed by atoms with Crippen molar-refractivity contribution < 1.29 is 0 Å². The summed E-state index contributed by atoms with van der Waals surface area (Å²) in [5.74, 6) is 2.47. The van der Waals surface area contributed by atoms with Gasteiger partial charge in [-0.2, -0.15) is 23.5 Å². The molecule has 1 aromatic carbocycles. The first-order chi connectivity index (χ1) is 6.86. The number of thioether (sulfide) groups is 3. The van der Waals surface area contributed by atoms with Gasteiger partial charge in [-0.15, -0.1) is 11.8 Å². The Labute approximate surface area is 99.6 Å². The van der Waals surface area contributed by atoms with Crippen LogP contribution in [0.3, 0.4) is 0 Å². The number of rotatable bonds is 6. The first-order valence-corrected chi connectivity index (χ1v) is 8.23. The van der Waals surface area contributed by atoms with Crippen LogP contribution in [-0.2, 0) is 0 Å². The normalized spacial score (nSPS) is 10.8. The van der Waals surface area contributed by atoms with Crippen LogP contribution in [-0.4, -0.2) is 29.3 Å². The van der Waals surface area contributed by atoms with E-state index in [0.717, 1.165) is 5.25 Å². The molecule has 0 unspecified atom stereocenters. The van der Waals surface area contributed by atoms with Crippen LogP contribution in [0.15, 0.2) is 35.2 Å². The lowest BCUT2D eigenvalue weighted by atomic mass is 10.4. The van der Waals surface area contributed by atoms with E-state index in [0.29, 0.717) is 0 Å². The van der Waals surface area contributed by atoms with E-state index in [1.807, 2.05) is 35.3 Å². The van der Waals surface area contributed by atoms with Crippen molar-refractivity contribution >= 4 is 35.3 Å². The summed E-state index contributed by atoms with van der Waals surface area (Å²) in [6.07, 6.45) is 4.36. The fraction of sp³-hybridized carbons (Fsp3) is 0.455. The largest absolute Gasteiger partial charge is 0.164 e. The van der Waals surface area contributed by atoms with Crippen LogP contribution < -0.4 is 0 Å². The summed E-state index contributed by atoms with van der Waals surface area (Å²) in [6, 6.07) is 10.7. The van der Waals surface area contributed by atoms with Gasteiger partial charge in [-0.25, -0.2) is 0 Å². The molecule has 3 heteroatoms. The monoisotopic (exact) mass is 244 g/mol. The lowest BCUT2D eigenvalue weighted by Gasteiger charge is -2.13. The molecule has 0 aliphatic heterocycles. The molecular weight excluding hydrogens is 228 g/mol. The Kier molecular flexibility index (Phi) is 6.65. The van der Waals surface area contributed by atoms with Gasteiger partial charge in [0, 0.05) is 21.7 Å². The second kappa shape index (κ2) is 7.55. The number of hydrogen-bond donors (Lipinski definition) is 0. The van der Waals surface area contributed by atoms with Crippen LogP contribution >= 0.6 is 35.3 Å². The molecule has 0 N–H and O–H groups in total. The lowest BCUT2D eigenvalue weighted by Crippen LogP contribution is -2.08. The van der Waals surface area contributed by atoms with Crippen molar-refractivity contribution in [2.75, 3.05) is 24.0 Å².